The van der Waals surface area contributed by atoms with E-state index in [0.29, 0.717) is 11.6 Å². The predicted molar refractivity (Wildman–Crippen MR) is 91.0 cm³/mol. The number of alkyl halides is 1. The molecule has 2 aromatic heterocycles. The number of anilines is 1. The van der Waals surface area contributed by atoms with Crippen LogP contribution in [0, 0.1) is 5.92 Å². The lowest BCUT2D eigenvalue weighted by Gasteiger charge is -2.07. The Morgan fingerprint density at radius 3 is 3.00 bits per heavy atom. The molecule has 1 aliphatic carbocycles. The molecular weight excluding hydrogens is 329 g/mol. The fourth-order valence-electron chi connectivity index (χ4n) is 2.56. The molecule has 1 saturated carbocycles. The fourth-order valence-corrected chi connectivity index (χ4v) is 3.46. The zero-order chi connectivity index (χ0) is 16.7. The number of fused-ring (bicyclic) bond motifs is 1. The summed E-state index contributed by atoms with van der Waals surface area (Å²) in [4.78, 5) is 20.4. The van der Waals surface area contributed by atoms with Gasteiger partial charge in [-0.25, -0.2) is 9.37 Å². The standard InChI is InChI=1S/C17H14FN3O2S/c1-23-14-4-5-19-8-11(14)9-2-3-13-15(6-9)24-17(20-13)21-16(22)10-7-12(10)18/h2-6,8,10,12H,7H2,1H3,(H,20,21,22)/t10-,12?/m1/s1. The molecule has 122 valence electrons. The topological polar surface area (TPSA) is 64.1 Å². The second-order valence-corrected chi connectivity index (χ2v) is 6.66. The van der Waals surface area contributed by atoms with Gasteiger partial charge in [0.25, 0.3) is 0 Å². The zero-order valence-electron chi connectivity index (χ0n) is 12.8. The Hall–Kier alpha value is -2.54. The Bertz CT molecular complexity index is 927. The molecule has 24 heavy (non-hydrogen) atoms. The van der Waals surface area contributed by atoms with Crippen LogP contribution in [0.5, 0.6) is 5.75 Å². The van der Waals surface area contributed by atoms with Crippen molar-refractivity contribution in [3.8, 4) is 16.9 Å². The summed E-state index contributed by atoms with van der Waals surface area (Å²) in [6.07, 6.45) is 2.72. The van der Waals surface area contributed by atoms with Crippen LogP contribution >= 0.6 is 11.3 Å². The Labute approximate surface area is 141 Å². The molecule has 1 amide bonds. The quantitative estimate of drug-likeness (QED) is 0.785. The van der Waals surface area contributed by atoms with E-state index in [0.717, 1.165) is 27.1 Å². The summed E-state index contributed by atoms with van der Waals surface area (Å²) < 4.78 is 19.2. The minimum atomic E-state index is -1.01. The zero-order valence-corrected chi connectivity index (χ0v) is 13.6. The van der Waals surface area contributed by atoms with Crippen LogP contribution in [0.25, 0.3) is 21.3 Å². The molecule has 1 unspecified atom stereocenters. The summed E-state index contributed by atoms with van der Waals surface area (Å²) in [5.74, 6) is -0.0759. The first kappa shape index (κ1) is 15.0. The Balaban J connectivity index is 1.65. The van der Waals surface area contributed by atoms with Crippen molar-refractivity contribution in [2.75, 3.05) is 12.4 Å². The number of hydrogen-bond donors (Lipinski definition) is 1. The summed E-state index contributed by atoms with van der Waals surface area (Å²) in [5, 5.41) is 3.19. The second kappa shape index (κ2) is 5.83. The van der Waals surface area contributed by atoms with Gasteiger partial charge in [0.05, 0.1) is 23.2 Å². The second-order valence-electron chi connectivity index (χ2n) is 5.62. The number of nitrogens with one attached hydrogen (secondary N) is 1. The normalized spacial score (nSPS) is 19.2. The number of pyridine rings is 1. The minimum absolute atomic E-state index is 0.296. The molecule has 5 nitrogen and oxygen atoms in total. The first-order chi connectivity index (χ1) is 11.7. The number of aromatic nitrogens is 2. The van der Waals surface area contributed by atoms with Gasteiger partial charge in [0.2, 0.25) is 5.91 Å². The van der Waals surface area contributed by atoms with E-state index < -0.39 is 12.1 Å². The minimum Gasteiger partial charge on any atom is -0.496 e. The summed E-state index contributed by atoms with van der Waals surface area (Å²) in [6.45, 7) is 0. The van der Waals surface area contributed by atoms with Crippen molar-refractivity contribution in [1.29, 1.82) is 0 Å². The first-order valence-electron chi connectivity index (χ1n) is 7.49. The third-order valence-corrected chi connectivity index (χ3v) is 4.91. The van der Waals surface area contributed by atoms with Gasteiger partial charge in [0, 0.05) is 18.0 Å². The summed E-state index contributed by atoms with van der Waals surface area (Å²) in [6, 6.07) is 7.61. The Morgan fingerprint density at radius 2 is 2.25 bits per heavy atom. The van der Waals surface area contributed by atoms with Crippen LogP contribution in [0.1, 0.15) is 6.42 Å². The maximum absolute atomic E-state index is 12.9. The van der Waals surface area contributed by atoms with Gasteiger partial charge in [-0.05, 0) is 30.2 Å². The molecule has 0 radical (unpaired) electrons. The molecule has 1 N–H and O–H groups in total. The van der Waals surface area contributed by atoms with Crippen LogP contribution in [-0.2, 0) is 4.79 Å². The number of ether oxygens (including phenoxy) is 1. The van der Waals surface area contributed by atoms with E-state index in [-0.39, 0.29) is 5.91 Å². The third kappa shape index (κ3) is 2.71. The van der Waals surface area contributed by atoms with E-state index >= 15 is 0 Å². The number of hydrogen-bond acceptors (Lipinski definition) is 5. The average Bonchev–Trinajstić information content (AvgIpc) is 3.20. The molecule has 7 heteroatoms. The smallest absolute Gasteiger partial charge is 0.232 e. The van der Waals surface area contributed by atoms with E-state index in [1.807, 2.05) is 18.2 Å². The van der Waals surface area contributed by atoms with Gasteiger partial charge in [-0.2, -0.15) is 0 Å². The summed E-state index contributed by atoms with van der Waals surface area (Å²) >= 11 is 1.37. The molecule has 0 bridgehead atoms. The number of benzene rings is 1. The maximum atomic E-state index is 12.9. The van der Waals surface area contributed by atoms with Crippen molar-refractivity contribution in [3.63, 3.8) is 0 Å². The third-order valence-electron chi connectivity index (χ3n) is 3.98. The van der Waals surface area contributed by atoms with Crippen molar-refractivity contribution in [2.45, 2.75) is 12.6 Å². The molecule has 2 atom stereocenters. The number of carbonyl (C=O) groups excluding carboxylic acids is 1. The molecular formula is C17H14FN3O2S. The van der Waals surface area contributed by atoms with Gasteiger partial charge in [-0.15, -0.1) is 0 Å². The number of halogens is 1. The first-order valence-corrected chi connectivity index (χ1v) is 8.31. The Morgan fingerprint density at radius 1 is 1.42 bits per heavy atom. The van der Waals surface area contributed by atoms with Crippen molar-refractivity contribution >= 4 is 32.6 Å². The number of carbonyl (C=O) groups is 1. The molecule has 0 saturated heterocycles. The van der Waals surface area contributed by atoms with Gasteiger partial charge in [-0.3, -0.25) is 9.78 Å². The van der Waals surface area contributed by atoms with Gasteiger partial charge in [0.15, 0.2) is 5.13 Å². The summed E-state index contributed by atoms with van der Waals surface area (Å²) in [7, 11) is 1.62. The lowest BCUT2D eigenvalue weighted by molar-refractivity contribution is -0.117. The molecule has 0 aliphatic heterocycles. The lowest BCUT2D eigenvalue weighted by atomic mass is 10.1. The Kier molecular flexibility index (Phi) is 3.65. The number of rotatable bonds is 4. The molecule has 3 aromatic rings. The number of amides is 1. The van der Waals surface area contributed by atoms with Crippen LogP contribution in [0.3, 0.4) is 0 Å². The molecule has 4 rings (SSSR count). The van der Waals surface area contributed by atoms with Crippen molar-refractivity contribution in [2.24, 2.45) is 5.92 Å². The van der Waals surface area contributed by atoms with Crippen molar-refractivity contribution in [3.05, 3.63) is 36.7 Å². The molecule has 1 fully saturated rings. The van der Waals surface area contributed by atoms with Crippen molar-refractivity contribution < 1.29 is 13.9 Å². The highest BCUT2D eigenvalue weighted by molar-refractivity contribution is 7.22. The highest BCUT2D eigenvalue weighted by atomic mass is 32.1. The summed E-state index contributed by atoms with van der Waals surface area (Å²) in [5.41, 5.74) is 2.63. The van der Waals surface area contributed by atoms with Gasteiger partial charge >= 0.3 is 0 Å². The van der Waals surface area contributed by atoms with E-state index in [1.54, 1.807) is 25.6 Å². The largest absolute Gasteiger partial charge is 0.496 e. The van der Waals surface area contributed by atoms with Crippen LogP contribution in [0.15, 0.2) is 36.7 Å². The molecule has 0 spiro atoms. The average molecular weight is 343 g/mol. The molecule has 1 aliphatic rings. The van der Waals surface area contributed by atoms with E-state index in [1.165, 1.54) is 11.3 Å². The number of nitrogens with zero attached hydrogens (tertiary/aromatic N) is 2. The highest BCUT2D eigenvalue weighted by Crippen LogP contribution is 2.37. The van der Waals surface area contributed by atoms with E-state index in [9.17, 15) is 9.18 Å². The van der Waals surface area contributed by atoms with Gasteiger partial charge in [-0.1, -0.05) is 17.4 Å². The highest BCUT2D eigenvalue weighted by Gasteiger charge is 2.43. The van der Waals surface area contributed by atoms with Crippen LogP contribution in [0.2, 0.25) is 0 Å². The maximum Gasteiger partial charge on any atom is 0.232 e. The molecule has 1 aromatic carbocycles. The fraction of sp³-hybridized carbons (Fsp3) is 0.235. The van der Waals surface area contributed by atoms with E-state index in [2.05, 4.69) is 15.3 Å². The predicted octanol–water partition coefficient (Wildman–Crippen LogP) is 3.66. The van der Waals surface area contributed by atoms with Crippen molar-refractivity contribution in [1.82, 2.24) is 9.97 Å². The van der Waals surface area contributed by atoms with Gasteiger partial charge < -0.3 is 10.1 Å². The lowest BCUT2D eigenvalue weighted by Crippen LogP contribution is -2.14. The SMILES string of the molecule is COc1ccncc1-c1ccc2nc(NC(=O)[C@@H]3CC3F)sc2c1. The van der Waals surface area contributed by atoms with Gasteiger partial charge in [0.1, 0.15) is 11.9 Å². The van der Waals surface area contributed by atoms with Crippen LogP contribution in [0.4, 0.5) is 9.52 Å². The number of thiazole rings is 1. The number of methoxy groups -OCH3 is 1. The van der Waals surface area contributed by atoms with Crippen LogP contribution in [-0.4, -0.2) is 29.2 Å². The van der Waals surface area contributed by atoms with Crippen LogP contribution < -0.4 is 10.1 Å². The monoisotopic (exact) mass is 343 g/mol. The van der Waals surface area contributed by atoms with E-state index in [4.69, 9.17) is 4.74 Å². The molecule has 2 heterocycles.